The molecule has 0 saturated heterocycles. The molecular formula is C17H14Cl2N2O4S. The molecule has 0 amide bonds. The summed E-state index contributed by atoms with van der Waals surface area (Å²) >= 11 is 13.4. The van der Waals surface area contributed by atoms with Crippen molar-refractivity contribution in [2.75, 3.05) is 0 Å². The average Bonchev–Trinajstić information content (AvgIpc) is 3.28. The fourth-order valence-electron chi connectivity index (χ4n) is 2.03. The Morgan fingerprint density at radius 1 is 1.23 bits per heavy atom. The maximum atomic E-state index is 12.2. The molecule has 0 N–H and O–H groups in total. The molecule has 0 spiro atoms. The number of ether oxygens (including phenoxy) is 2. The highest BCUT2D eigenvalue weighted by Crippen LogP contribution is 2.29. The van der Waals surface area contributed by atoms with E-state index in [0.29, 0.717) is 21.7 Å². The second kappa shape index (κ2) is 8.07. The molecule has 26 heavy (non-hydrogen) atoms. The molecule has 0 fully saturated rings. The minimum absolute atomic E-state index is 0.207. The third-order valence-electron chi connectivity index (χ3n) is 3.34. The second-order valence-corrected chi connectivity index (χ2v) is 7.13. The summed E-state index contributed by atoms with van der Waals surface area (Å²) in [4.78, 5) is 13.1. The van der Waals surface area contributed by atoms with E-state index in [9.17, 15) is 4.79 Å². The lowest BCUT2D eigenvalue weighted by atomic mass is 10.3. The first-order chi connectivity index (χ1) is 12.4. The van der Waals surface area contributed by atoms with Crippen molar-refractivity contribution >= 4 is 40.5 Å². The van der Waals surface area contributed by atoms with Crippen LogP contribution in [0.15, 0.2) is 40.1 Å². The van der Waals surface area contributed by atoms with Gasteiger partial charge in [-0.3, -0.25) is 0 Å². The van der Waals surface area contributed by atoms with Crippen molar-refractivity contribution in [1.82, 2.24) is 10.2 Å². The van der Waals surface area contributed by atoms with Crippen molar-refractivity contribution in [1.29, 1.82) is 0 Å². The maximum Gasteiger partial charge on any atom is 0.347 e. The number of benzene rings is 1. The third-order valence-corrected chi connectivity index (χ3v) is 4.73. The Morgan fingerprint density at radius 2 is 2.04 bits per heavy atom. The number of carbonyl (C=O) groups is 1. The van der Waals surface area contributed by atoms with E-state index >= 15 is 0 Å². The predicted octanol–water partition coefficient (Wildman–Crippen LogP) is 5.18. The molecule has 2 aromatic heterocycles. The van der Waals surface area contributed by atoms with Gasteiger partial charge in [-0.15, -0.1) is 21.5 Å². The Labute approximate surface area is 163 Å². The van der Waals surface area contributed by atoms with E-state index in [4.69, 9.17) is 37.1 Å². The number of esters is 1. The lowest BCUT2D eigenvalue weighted by Gasteiger charge is -2.16. The molecule has 2 atom stereocenters. The fourth-order valence-corrected chi connectivity index (χ4v) is 3.13. The Bertz CT molecular complexity index is 898. The molecule has 2 heterocycles. The zero-order chi connectivity index (χ0) is 18.7. The van der Waals surface area contributed by atoms with E-state index in [1.165, 1.54) is 17.4 Å². The molecule has 0 saturated carbocycles. The number of aromatic nitrogens is 2. The van der Waals surface area contributed by atoms with Crippen LogP contribution in [0.25, 0.3) is 10.8 Å². The Balaban J connectivity index is 1.61. The van der Waals surface area contributed by atoms with Crippen LogP contribution in [-0.2, 0) is 9.53 Å². The van der Waals surface area contributed by atoms with Crippen molar-refractivity contribution in [3.05, 3.63) is 51.6 Å². The smallest absolute Gasteiger partial charge is 0.347 e. The summed E-state index contributed by atoms with van der Waals surface area (Å²) in [6.07, 6.45) is -1.59. The van der Waals surface area contributed by atoms with Gasteiger partial charge in [-0.1, -0.05) is 29.3 Å². The summed E-state index contributed by atoms with van der Waals surface area (Å²) in [5.74, 6) is 0.346. The van der Waals surface area contributed by atoms with Gasteiger partial charge in [0.15, 0.2) is 12.2 Å². The van der Waals surface area contributed by atoms with Gasteiger partial charge in [-0.25, -0.2) is 4.79 Å². The zero-order valence-corrected chi connectivity index (χ0v) is 16.1. The number of rotatable bonds is 6. The normalized spacial score (nSPS) is 13.2. The van der Waals surface area contributed by atoms with Crippen molar-refractivity contribution in [2.45, 2.75) is 26.1 Å². The SMILES string of the molecule is C[C@@H](Oc1ccc(Cl)cc1Cl)C(=O)O[C@H](C)c1nnc(-c2cccs2)o1. The molecular weight excluding hydrogens is 399 g/mol. The number of hydrogen-bond acceptors (Lipinski definition) is 7. The number of hydrogen-bond donors (Lipinski definition) is 0. The molecule has 0 unspecified atom stereocenters. The number of carbonyl (C=O) groups excluding carboxylic acids is 1. The summed E-state index contributed by atoms with van der Waals surface area (Å²) in [5, 5.41) is 10.6. The van der Waals surface area contributed by atoms with Crippen LogP contribution in [0, 0.1) is 0 Å². The van der Waals surface area contributed by atoms with Crippen molar-refractivity contribution in [3.8, 4) is 16.5 Å². The molecule has 0 aliphatic carbocycles. The van der Waals surface area contributed by atoms with E-state index in [2.05, 4.69) is 10.2 Å². The van der Waals surface area contributed by atoms with Crippen LogP contribution < -0.4 is 4.74 Å². The topological polar surface area (TPSA) is 74.5 Å². The van der Waals surface area contributed by atoms with Gasteiger partial charge in [0.2, 0.25) is 0 Å². The van der Waals surface area contributed by atoms with Crippen molar-refractivity contribution < 1.29 is 18.7 Å². The molecule has 9 heteroatoms. The highest BCUT2D eigenvalue weighted by molar-refractivity contribution is 7.13. The first-order valence-electron chi connectivity index (χ1n) is 7.63. The molecule has 0 radical (unpaired) electrons. The van der Waals surface area contributed by atoms with Gasteiger partial charge >= 0.3 is 5.97 Å². The molecule has 3 rings (SSSR count). The van der Waals surface area contributed by atoms with Gasteiger partial charge in [0.05, 0.1) is 9.90 Å². The highest BCUT2D eigenvalue weighted by Gasteiger charge is 2.24. The largest absolute Gasteiger partial charge is 0.477 e. The number of halogens is 2. The van der Waals surface area contributed by atoms with Crippen LogP contribution in [0.3, 0.4) is 0 Å². The molecule has 3 aromatic rings. The zero-order valence-electron chi connectivity index (χ0n) is 13.8. The molecule has 1 aromatic carbocycles. The maximum absolute atomic E-state index is 12.2. The Hall–Kier alpha value is -2.09. The van der Waals surface area contributed by atoms with Crippen LogP contribution in [0.2, 0.25) is 10.0 Å². The van der Waals surface area contributed by atoms with Crippen molar-refractivity contribution in [2.24, 2.45) is 0 Å². The van der Waals surface area contributed by atoms with Crippen molar-refractivity contribution in [3.63, 3.8) is 0 Å². The van der Waals surface area contributed by atoms with Gasteiger partial charge in [0.25, 0.3) is 11.8 Å². The summed E-state index contributed by atoms with van der Waals surface area (Å²) in [6.45, 7) is 3.20. The van der Waals surface area contributed by atoms with E-state index in [1.807, 2.05) is 17.5 Å². The molecule has 6 nitrogen and oxygen atoms in total. The lowest BCUT2D eigenvalue weighted by Crippen LogP contribution is -2.27. The van der Waals surface area contributed by atoms with E-state index in [-0.39, 0.29) is 5.89 Å². The van der Waals surface area contributed by atoms with Gasteiger partial charge in [0, 0.05) is 5.02 Å². The number of nitrogens with zero attached hydrogens (tertiary/aromatic N) is 2. The Kier molecular flexibility index (Phi) is 5.80. The van der Waals surface area contributed by atoms with Gasteiger partial charge in [0.1, 0.15) is 5.75 Å². The first kappa shape index (κ1) is 18.7. The minimum Gasteiger partial charge on any atom is -0.477 e. The quantitative estimate of drug-likeness (QED) is 0.519. The first-order valence-corrected chi connectivity index (χ1v) is 9.27. The summed E-state index contributed by atoms with van der Waals surface area (Å²) in [6, 6.07) is 8.49. The molecule has 0 bridgehead atoms. The average molecular weight is 413 g/mol. The number of thiophene rings is 1. The van der Waals surface area contributed by atoms with E-state index in [0.717, 1.165) is 4.88 Å². The molecule has 136 valence electrons. The monoisotopic (exact) mass is 412 g/mol. The van der Waals surface area contributed by atoms with Crippen LogP contribution in [0.4, 0.5) is 0 Å². The van der Waals surface area contributed by atoms with Crippen LogP contribution >= 0.6 is 34.5 Å². The van der Waals surface area contributed by atoms with Crippen LogP contribution in [0.5, 0.6) is 5.75 Å². The fraction of sp³-hybridized carbons (Fsp3) is 0.235. The van der Waals surface area contributed by atoms with Crippen LogP contribution in [0.1, 0.15) is 25.8 Å². The van der Waals surface area contributed by atoms with Crippen LogP contribution in [-0.4, -0.2) is 22.3 Å². The second-order valence-electron chi connectivity index (χ2n) is 5.34. The third kappa shape index (κ3) is 4.35. The summed E-state index contributed by atoms with van der Waals surface area (Å²) in [7, 11) is 0. The minimum atomic E-state index is -0.879. The standard InChI is InChI=1S/C17H14Cl2N2O4S/c1-9(15-20-21-16(25-15)14-4-3-7-26-14)24-17(22)10(2)23-13-6-5-11(18)8-12(13)19/h3-10H,1-2H3/t9-,10-/m1/s1. The Morgan fingerprint density at radius 3 is 2.73 bits per heavy atom. The van der Waals surface area contributed by atoms with Gasteiger partial charge < -0.3 is 13.9 Å². The van der Waals surface area contributed by atoms with Gasteiger partial charge in [-0.2, -0.15) is 0 Å². The lowest BCUT2D eigenvalue weighted by molar-refractivity contribution is -0.157. The van der Waals surface area contributed by atoms with Gasteiger partial charge in [-0.05, 0) is 43.5 Å². The molecule has 0 aliphatic rings. The molecule has 0 aliphatic heterocycles. The summed E-state index contributed by atoms with van der Waals surface area (Å²) in [5.41, 5.74) is 0. The highest BCUT2D eigenvalue weighted by atomic mass is 35.5. The van der Waals surface area contributed by atoms with E-state index < -0.39 is 18.2 Å². The predicted molar refractivity (Wildman–Crippen MR) is 98.7 cm³/mol. The van der Waals surface area contributed by atoms with E-state index in [1.54, 1.807) is 26.0 Å². The summed E-state index contributed by atoms with van der Waals surface area (Å²) < 4.78 is 16.4.